The van der Waals surface area contributed by atoms with Gasteiger partial charge in [0.05, 0.1) is 11.8 Å². The van der Waals surface area contributed by atoms with Crippen LogP contribution in [-0.4, -0.2) is 41.0 Å². The van der Waals surface area contributed by atoms with Crippen molar-refractivity contribution < 1.29 is 14.3 Å². The number of oxime groups is 1. The van der Waals surface area contributed by atoms with E-state index in [-0.39, 0.29) is 11.9 Å². The second-order valence-electron chi connectivity index (χ2n) is 7.10. The maximum Gasteiger partial charge on any atom is 0.145 e. The van der Waals surface area contributed by atoms with Gasteiger partial charge in [-0.3, -0.25) is 4.90 Å². The molecule has 2 aromatic rings. The van der Waals surface area contributed by atoms with Gasteiger partial charge in [-0.15, -0.1) is 0 Å². The van der Waals surface area contributed by atoms with Gasteiger partial charge in [-0.25, -0.2) is 4.39 Å². The molecule has 2 aromatic carbocycles. The molecule has 0 aromatic heterocycles. The maximum atomic E-state index is 13.5. The first kappa shape index (κ1) is 19.5. The fourth-order valence-electron chi connectivity index (χ4n) is 3.44. The zero-order valence-electron chi connectivity index (χ0n) is 15.7. The molecule has 0 bridgehead atoms. The number of halogens is 1. The van der Waals surface area contributed by atoms with Crippen molar-refractivity contribution in [1.82, 2.24) is 4.90 Å². The molecule has 4 nitrogen and oxygen atoms in total. The quantitative estimate of drug-likeness (QED) is 0.726. The first-order valence-corrected chi connectivity index (χ1v) is 9.57. The average Bonchev–Trinajstić information content (AvgIpc) is 3.11. The number of nitrogens with zero attached hydrogens (tertiary/aromatic N) is 2. The van der Waals surface area contributed by atoms with Crippen molar-refractivity contribution in [2.24, 2.45) is 5.16 Å². The highest BCUT2D eigenvalue weighted by atomic mass is 19.1. The van der Waals surface area contributed by atoms with Crippen LogP contribution in [0.2, 0.25) is 0 Å². The molecule has 0 unspecified atom stereocenters. The second kappa shape index (κ2) is 9.62. The summed E-state index contributed by atoms with van der Waals surface area (Å²) >= 11 is 0. The van der Waals surface area contributed by atoms with Crippen LogP contribution >= 0.6 is 0 Å². The summed E-state index contributed by atoms with van der Waals surface area (Å²) < 4.78 is 13.5. The highest BCUT2D eigenvalue weighted by Gasteiger charge is 2.25. The molecule has 0 radical (unpaired) electrons. The van der Waals surface area contributed by atoms with Crippen LogP contribution in [0.1, 0.15) is 37.3 Å². The van der Waals surface area contributed by atoms with Crippen LogP contribution in [0.25, 0.3) is 0 Å². The molecule has 0 spiro atoms. The highest BCUT2D eigenvalue weighted by molar-refractivity contribution is 6.01. The largest absolute Gasteiger partial charge is 0.392 e. The molecule has 27 heavy (non-hydrogen) atoms. The van der Waals surface area contributed by atoms with Crippen LogP contribution in [0.3, 0.4) is 0 Å². The Kier molecular flexibility index (Phi) is 6.96. The van der Waals surface area contributed by atoms with E-state index in [2.05, 4.69) is 17.0 Å². The van der Waals surface area contributed by atoms with Gasteiger partial charge in [-0.05, 0) is 29.7 Å². The highest BCUT2D eigenvalue weighted by Crippen LogP contribution is 2.19. The molecule has 5 heteroatoms. The fraction of sp³-hybridized carbons (Fsp3) is 0.409. The Hall–Kier alpha value is -2.24. The molecule has 1 heterocycles. The van der Waals surface area contributed by atoms with Crippen molar-refractivity contribution >= 4 is 5.71 Å². The van der Waals surface area contributed by atoms with Crippen molar-refractivity contribution in [2.45, 2.75) is 44.9 Å². The van der Waals surface area contributed by atoms with Crippen LogP contribution in [0.4, 0.5) is 4.39 Å². The number of hydrogen-bond donors (Lipinski definition) is 1. The minimum Gasteiger partial charge on any atom is -0.392 e. The molecule has 0 amide bonds. The average molecular weight is 370 g/mol. The topological polar surface area (TPSA) is 45.1 Å². The first-order chi connectivity index (χ1) is 13.1. The van der Waals surface area contributed by atoms with Gasteiger partial charge in [0.15, 0.2) is 0 Å². The van der Waals surface area contributed by atoms with E-state index < -0.39 is 6.10 Å². The van der Waals surface area contributed by atoms with E-state index in [1.54, 1.807) is 12.1 Å². The Morgan fingerprint density at radius 2 is 2.04 bits per heavy atom. The predicted molar refractivity (Wildman–Crippen MR) is 105 cm³/mol. The van der Waals surface area contributed by atoms with Crippen LogP contribution in [0.15, 0.2) is 59.8 Å². The van der Waals surface area contributed by atoms with Crippen molar-refractivity contribution in [3.8, 4) is 0 Å². The molecule has 1 aliphatic heterocycles. The van der Waals surface area contributed by atoms with Crippen LogP contribution in [0.5, 0.6) is 0 Å². The monoisotopic (exact) mass is 370 g/mol. The lowest BCUT2D eigenvalue weighted by atomic mass is 10.0. The summed E-state index contributed by atoms with van der Waals surface area (Å²) in [6, 6.07) is 16.6. The van der Waals surface area contributed by atoms with Gasteiger partial charge in [0, 0.05) is 26.1 Å². The molecule has 0 aliphatic carbocycles. The van der Waals surface area contributed by atoms with Gasteiger partial charge in [0.2, 0.25) is 0 Å². The second-order valence-corrected chi connectivity index (χ2v) is 7.10. The predicted octanol–water partition coefficient (Wildman–Crippen LogP) is 3.98. The van der Waals surface area contributed by atoms with E-state index in [0.29, 0.717) is 19.6 Å². The zero-order chi connectivity index (χ0) is 19.1. The molecule has 1 aliphatic rings. The number of benzene rings is 2. The van der Waals surface area contributed by atoms with Crippen LogP contribution in [-0.2, 0) is 11.4 Å². The summed E-state index contributed by atoms with van der Waals surface area (Å²) in [6.07, 6.45) is 1.93. The summed E-state index contributed by atoms with van der Waals surface area (Å²) in [4.78, 5) is 7.77. The van der Waals surface area contributed by atoms with E-state index in [4.69, 9.17) is 4.84 Å². The molecule has 0 saturated carbocycles. The number of hydrogen-bond acceptors (Lipinski definition) is 4. The maximum absolute atomic E-state index is 13.5. The SMILES string of the molecule is CCC[C@H](O)CN(Cc1cccc(F)c1)C[C@@H]1CC(c2ccccc2)=NO1. The third-order valence-electron chi connectivity index (χ3n) is 4.69. The third kappa shape index (κ3) is 5.88. The van der Waals surface area contributed by atoms with Gasteiger partial charge >= 0.3 is 0 Å². The van der Waals surface area contributed by atoms with Gasteiger partial charge in [-0.2, -0.15) is 0 Å². The van der Waals surface area contributed by atoms with Crippen molar-refractivity contribution in [3.63, 3.8) is 0 Å². The normalized spacial score (nSPS) is 17.6. The summed E-state index contributed by atoms with van der Waals surface area (Å²) in [5.41, 5.74) is 2.91. The summed E-state index contributed by atoms with van der Waals surface area (Å²) in [5, 5.41) is 14.5. The van der Waals surface area contributed by atoms with Crippen LogP contribution in [0, 0.1) is 5.82 Å². The van der Waals surface area contributed by atoms with Gasteiger partial charge in [-0.1, -0.05) is 61.0 Å². The number of rotatable bonds is 9. The van der Waals surface area contributed by atoms with Gasteiger partial charge in [0.25, 0.3) is 0 Å². The van der Waals surface area contributed by atoms with Gasteiger partial charge in [0.1, 0.15) is 11.9 Å². The molecular formula is C22H27FN2O2. The Labute approximate surface area is 160 Å². The Morgan fingerprint density at radius 3 is 2.78 bits per heavy atom. The number of aliphatic hydroxyl groups excluding tert-OH is 1. The lowest BCUT2D eigenvalue weighted by Gasteiger charge is -2.27. The summed E-state index contributed by atoms with van der Waals surface area (Å²) in [5.74, 6) is -0.242. The summed E-state index contributed by atoms with van der Waals surface area (Å²) in [6.45, 7) is 3.79. The molecule has 3 rings (SSSR count). The van der Waals surface area contributed by atoms with E-state index in [0.717, 1.165) is 36.1 Å². The van der Waals surface area contributed by atoms with E-state index in [1.807, 2.05) is 36.4 Å². The van der Waals surface area contributed by atoms with Crippen molar-refractivity contribution in [1.29, 1.82) is 0 Å². The van der Waals surface area contributed by atoms with Crippen molar-refractivity contribution in [3.05, 3.63) is 71.5 Å². The van der Waals surface area contributed by atoms with E-state index in [1.165, 1.54) is 6.07 Å². The lowest BCUT2D eigenvalue weighted by Crippen LogP contribution is -2.37. The molecule has 0 fully saturated rings. The Bertz CT molecular complexity index is 751. The molecule has 0 saturated heterocycles. The minimum absolute atomic E-state index is 0.0670. The third-order valence-corrected chi connectivity index (χ3v) is 4.69. The molecule has 144 valence electrons. The standard InChI is InChI=1S/C22H27FN2O2/c1-2-7-20(26)15-25(14-17-8-6-11-19(23)12-17)16-21-13-22(24-27-21)18-9-4-3-5-10-18/h3-6,8-12,20-21,26H,2,7,13-16H2,1H3/t20-,21-/m0/s1. The number of aliphatic hydroxyl groups is 1. The minimum atomic E-state index is -0.403. The first-order valence-electron chi connectivity index (χ1n) is 9.57. The Balaban J connectivity index is 1.63. The van der Waals surface area contributed by atoms with Crippen molar-refractivity contribution in [2.75, 3.05) is 13.1 Å². The van der Waals surface area contributed by atoms with Gasteiger partial charge < -0.3 is 9.94 Å². The zero-order valence-corrected chi connectivity index (χ0v) is 15.7. The molecule has 1 N–H and O–H groups in total. The molecule has 2 atom stereocenters. The summed E-state index contributed by atoms with van der Waals surface area (Å²) in [7, 11) is 0. The fourth-order valence-corrected chi connectivity index (χ4v) is 3.44. The van der Waals surface area contributed by atoms with E-state index >= 15 is 0 Å². The lowest BCUT2D eigenvalue weighted by molar-refractivity contribution is 0.0305. The van der Waals surface area contributed by atoms with E-state index in [9.17, 15) is 9.50 Å². The Morgan fingerprint density at radius 1 is 1.22 bits per heavy atom. The molecular weight excluding hydrogens is 343 g/mol. The van der Waals surface area contributed by atoms with Crippen LogP contribution < -0.4 is 0 Å². The smallest absolute Gasteiger partial charge is 0.145 e.